The summed E-state index contributed by atoms with van der Waals surface area (Å²) in [6.45, 7) is 0. The molecule has 1 N–H and O–H groups in total. The second-order valence-corrected chi connectivity index (χ2v) is 9.09. The molecule has 0 aromatic heterocycles. The minimum Gasteiger partial charge on any atom is -0.379 e. The summed E-state index contributed by atoms with van der Waals surface area (Å²) in [4.78, 5) is 22.5. The highest BCUT2D eigenvalue weighted by Gasteiger charge is 2.18. The second kappa shape index (κ2) is 10.1. The molecule has 4 aromatic rings. The van der Waals surface area contributed by atoms with Crippen LogP contribution in [0.1, 0.15) is 5.56 Å². The fourth-order valence-corrected chi connectivity index (χ4v) is 4.24. The van der Waals surface area contributed by atoms with Crippen molar-refractivity contribution in [1.82, 2.24) is 0 Å². The molecule has 0 bridgehead atoms. The SMILES string of the molecule is N#C/C(=C\c1ccc(OS(=O)(=O)c2ccc([N+](=O)[O-])cc2)cc1)C(=O)Nc1ccc2ccccc2c1. The Bertz CT molecular complexity index is 1640. The summed E-state index contributed by atoms with van der Waals surface area (Å²) in [5.41, 5.74) is 0.624. The molecule has 178 valence electrons. The van der Waals surface area contributed by atoms with Crippen LogP contribution in [0.4, 0.5) is 11.4 Å². The fraction of sp³-hybridized carbons (Fsp3) is 0. The topological polar surface area (TPSA) is 139 Å². The Morgan fingerprint density at radius 2 is 1.61 bits per heavy atom. The highest BCUT2D eigenvalue weighted by Crippen LogP contribution is 2.23. The Morgan fingerprint density at radius 3 is 2.25 bits per heavy atom. The zero-order chi connectivity index (χ0) is 25.7. The molecule has 10 heteroatoms. The van der Waals surface area contributed by atoms with Gasteiger partial charge in [0.05, 0.1) is 4.92 Å². The number of carbonyl (C=O) groups excluding carboxylic acids is 1. The molecule has 0 saturated heterocycles. The molecule has 0 atom stereocenters. The number of fused-ring (bicyclic) bond motifs is 1. The number of anilines is 1. The minimum absolute atomic E-state index is 0.00961. The van der Waals surface area contributed by atoms with E-state index in [1.54, 1.807) is 12.1 Å². The van der Waals surface area contributed by atoms with Crippen molar-refractivity contribution in [3.63, 3.8) is 0 Å². The van der Waals surface area contributed by atoms with Gasteiger partial charge in [0.1, 0.15) is 22.3 Å². The molecule has 0 fully saturated rings. The first-order valence-corrected chi connectivity index (χ1v) is 11.9. The monoisotopic (exact) mass is 499 g/mol. The Morgan fingerprint density at radius 1 is 0.944 bits per heavy atom. The van der Waals surface area contributed by atoms with Gasteiger partial charge in [0.25, 0.3) is 11.6 Å². The Kier molecular flexibility index (Phi) is 6.76. The molecule has 0 heterocycles. The Balaban J connectivity index is 1.46. The van der Waals surface area contributed by atoms with E-state index in [2.05, 4.69) is 5.32 Å². The van der Waals surface area contributed by atoms with Crippen LogP contribution in [0.2, 0.25) is 0 Å². The number of nitro groups is 1. The summed E-state index contributed by atoms with van der Waals surface area (Å²) < 4.78 is 29.9. The van der Waals surface area contributed by atoms with E-state index >= 15 is 0 Å². The van der Waals surface area contributed by atoms with Gasteiger partial charge < -0.3 is 9.50 Å². The van der Waals surface area contributed by atoms with E-state index in [-0.39, 0.29) is 21.9 Å². The zero-order valence-corrected chi connectivity index (χ0v) is 19.3. The summed E-state index contributed by atoms with van der Waals surface area (Å²) in [5, 5.41) is 24.9. The van der Waals surface area contributed by atoms with Crippen molar-refractivity contribution >= 4 is 44.2 Å². The molecule has 0 aliphatic carbocycles. The summed E-state index contributed by atoms with van der Waals surface area (Å²) in [7, 11) is -4.21. The molecule has 4 aromatic carbocycles. The Labute approximate surface area is 206 Å². The predicted octanol–water partition coefficient (Wildman–Crippen LogP) is 5.06. The number of rotatable bonds is 7. The molecule has 0 saturated carbocycles. The standard InChI is InChI=1S/C26H17N3O6S/c27-17-21(26(30)28-22-8-7-19-3-1-2-4-20(19)16-22)15-18-5-11-24(12-6-18)35-36(33,34)25-13-9-23(10-14-25)29(31)32/h1-16H,(H,28,30)/b21-15+. The van der Waals surface area contributed by atoms with E-state index in [1.807, 2.05) is 36.4 Å². The summed E-state index contributed by atoms with van der Waals surface area (Å²) in [6, 6.07) is 25.0. The van der Waals surface area contributed by atoms with Crippen LogP contribution < -0.4 is 9.50 Å². The van der Waals surface area contributed by atoms with Crippen LogP contribution in [0.5, 0.6) is 5.75 Å². The number of nitro benzene ring substituents is 1. The van der Waals surface area contributed by atoms with Crippen molar-refractivity contribution < 1.29 is 22.3 Å². The van der Waals surface area contributed by atoms with Crippen LogP contribution in [-0.2, 0) is 14.9 Å². The second-order valence-electron chi connectivity index (χ2n) is 7.54. The lowest BCUT2D eigenvalue weighted by molar-refractivity contribution is -0.384. The number of carbonyl (C=O) groups is 1. The first kappa shape index (κ1) is 24.1. The van der Waals surface area contributed by atoms with Gasteiger partial charge in [0.2, 0.25) is 0 Å². The quantitative estimate of drug-likeness (QED) is 0.123. The molecular weight excluding hydrogens is 482 g/mol. The number of nitrogens with zero attached hydrogens (tertiary/aromatic N) is 2. The third-order valence-electron chi connectivity index (χ3n) is 5.11. The van der Waals surface area contributed by atoms with Crippen molar-refractivity contribution in [1.29, 1.82) is 5.26 Å². The van der Waals surface area contributed by atoms with Crippen molar-refractivity contribution in [2.24, 2.45) is 0 Å². The number of nitriles is 1. The maximum atomic E-state index is 12.6. The third kappa shape index (κ3) is 5.55. The molecule has 0 spiro atoms. The molecule has 0 aliphatic rings. The number of hydrogen-bond donors (Lipinski definition) is 1. The van der Waals surface area contributed by atoms with Crippen molar-refractivity contribution in [2.45, 2.75) is 4.90 Å². The highest BCUT2D eigenvalue weighted by molar-refractivity contribution is 7.87. The number of non-ortho nitro benzene ring substituents is 1. The summed E-state index contributed by atoms with van der Waals surface area (Å²) in [6.07, 6.45) is 1.37. The molecule has 4 rings (SSSR count). The van der Waals surface area contributed by atoms with E-state index in [1.165, 1.54) is 30.3 Å². The van der Waals surface area contributed by atoms with Crippen LogP contribution in [0.3, 0.4) is 0 Å². The van der Waals surface area contributed by atoms with Gasteiger partial charge >= 0.3 is 10.1 Å². The molecule has 36 heavy (non-hydrogen) atoms. The van der Waals surface area contributed by atoms with E-state index in [0.717, 1.165) is 35.0 Å². The van der Waals surface area contributed by atoms with Crippen LogP contribution >= 0.6 is 0 Å². The van der Waals surface area contributed by atoms with Crippen molar-refractivity contribution in [3.8, 4) is 11.8 Å². The largest absolute Gasteiger partial charge is 0.379 e. The number of amides is 1. The predicted molar refractivity (Wildman–Crippen MR) is 134 cm³/mol. The van der Waals surface area contributed by atoms with Crippen LogP contribution in [0.25, 0.3) is 16.8 Å². The van der Waals surface area contributed by atoms with Crippen molar-refractivity contribution in [3.05, 3.63) is 112 Å². The van der Waals surface area contributed by atoms with Gasteiger partial charge in [-0.3, -0.25) is 14.9 Å². The Hall–Kier alpha value is -5.01. The maximum absolute atomic E-state index is 12.6. The minimum atomic E-state index is -4.21. The molecule has 1 amide bonds. The first-order chi connectivity index (χ1) is 17.2. The maximum Gasteiger partial charge on any atom is 0.339 e. The van der Waals surface area contributed by atoms with Crippen LogP contribution in [0.15, 0.2) is 101 Å². The van der Waals surface area contributed by atoms with Gasteiger partial charge in [-0.15, -0.1) is 0 Å². The summed E-state index contributed by atoms with van der Waals surface area (Å²) >= 11 is 0. The summed E-state index contributed by atoms with van der Waals surface area (Å²) in [5.74, 6) is -0.599. The lowest BCUT2D eigenvalue weighted by atomic mass is 10.1. The normalized spacial score (nSPS) is 11.5. The smallest absolute Gasteiger partial charge is 0.339 e. The van der Waals surface area contributed by atoms with Gasteiger partial charge in [-0.1, -0.05) is 42.5 Å². The molecule has 0 unspecified atom stereocenters. The van der Waals surface area contributed by atoms with E-state index in [4.69, 9.17) is 4.18 Å². The van der Waals surface area contributed by atoms with Crippen LogP contribution in [0, 0.1) is 21.4 Å². The first-order valence-electron chi connectivity index (χ1n) is 10.5. The zero-order valence-electron chi connectivity index (χ0n) is 18.5. The van der Waals surface area contributed by atoms with Crippen molar-refractivity contribution in [2.75, 3.05) is 5.32 Å². The van der Waals surface area contributed by atoms with E-state index < -0.39 is 20.9 Å². The average Bonchev–Trinajstić information content (AvgIpc) is 2.88. The molecular formula is C26H17N3O6S. The van der Waals surface area contributed by atoms with Gasteiger partial charge in [-0.05, 0) is 58.8 Å². The molecule has 9 nitrogen and oxygen atoms in total. The number of hydrogen-bond acceptors (Lipinski definition) is 7. The van der Waals surface area contributed by atoms with Gasteiger partial charge in [0.15, 0.2) is 0 Å². The third-order valence-corrected chi connectivity index (χ3v) is 6.37. The number of benzene rings is 4. The fourth-order valence-electron chi connectivity index (χ4n) is 3.31. The molecule has 0 aliphatic heterocycles. The number of nitrogens with one attached hydrogen (secondary N) is 1. The van der Waals surface area contributed by atoms with Crippen LogP contribution in [-0.4, -0.2) is 19.2 Å². The lowest BCUT2D eigenvalue weighted by Gasteiger charge is -2.08. The lowest BCUT2D eigenvalue weighted by Crippen LogP contribution is -2.13. The van der Waals surface area contributed by atoms with Gasteiger partial charge in [-0.2, -0.15) is 13.7 Å². The van der Waals surface area contributed by atoms with Gasteiger partial charge in [-0.25, -0.2) is 0 Å². The van der Waals surface area contributed by atoms with E-state index in [0.29, 0.717) is 11.3 Å². The highest BCUT2D eigenvalue weighted by atomic mass is 32.2. The van der Waals surface area contributed by atoms with Gasteiger partial charge in [0, 0.05) is 17.8 Å². The molecule has 0 radical (unpaired) electrons. The average molecular weight is 500 g/mol. The van der Waals surface area contributed by atoms with E-state index in [9.17, 15) is 28.6 Å².